The quantitative estimate of drug-likeness (QED) is 0.177. The number of amides is 2. The number of hydrogen-bond acceptors (Lipinski definition) is 13. The van der Waals surface area contributed by atoms with Gasteiger partial charge in [0.15, 0.2) is 23.1 Å². The highest BCUT2D eigenvalue weighted by Crippen LogP contribution is 2.43. The Morgan fingerprint density at radius 2 is 1.41 bits per heavy atom. The van der Waals surface area contributed by atoms with Crippen LogP contribution in [0.1, 0.15) is 75.4 Å². The van der Waals surface area contributed by atoms with Crippen molar-refractivity contribution in [3.63, 3.8) is 0 Å². The Morgan fingerprint density at radius 1 is 0.714 bits per heavy atom. The molecule has 1 atom stereocenters. The number of imidazole rings is 2. The number of carbonyl (C=O) groups excluding carboxylic acids is 2. The third-order valence-corrected chi connectivity index (χ3v) is 11.7. The molecule has 0 saturated heterocycles. The van der Waals surface area contributed by atoms with Gasteiger partial charge in [-0.15, -0.1) is 15.3 Å². The fourth-order valence-corrected chi connectivity index (χ4v) is 8.25. The summed E-state index contributed by atoms with van der Waals surface area (Å²) in [4.78, 5) is 45.9. The molecule has 2 saturated carbocycles. The molecular formula is C44H37N15O4. The van der Waals surface area contributed by atoms with Crippen molar-refractivity contribution in [2.75, 3.05) is 17.2 Å². The van der Waals surface area contributed by atoms with E-state index in [0.29, 0.717) is 77.0 Å². The molecule has 4 aliphatic rings. The van der Waals surface area contributed by atoms with Crippen LogP contribution in [0.25, 0.3) is 34.2 Å². The standard InChI is InChI=1S/C44H37N15O4/c60-43(35-17-28(8-10-45-35)56-20-37(47-22-56)26-4-5-26)50-33-3-1-2-31-40(33)63-30(19-58-24-49-52-41(31)58)14-25-15-32-39(62-13-12-59-42(32)53-54-55-59)34(16-25)51-44(61)36-18-29(9-11-46-36)57-21-38(48-23-57)27-6-7-27/h1-3,8-11,15-18,20-24,26-27,30H,4-7,12-14,19H2,(H,50,60)(H,51,61)/t30-/m1/s1. The summed E-state index contributed by atoms with van der Waals surface area (Å²) in [6, 6.07) is 16.5. The SMILES string of the molecule is O=C(Nc1cccc2c1O[C@H](Cc1cc(NC(=O)c3cc(-n4cnc(C5CC5)c4)ccn3)c3c(c1)-c1nnnn1CCO3)Cn1cnnc1-2)c1cc(-n2cnc(C3CC3)c2)ccn1. The van der Waals surface area contributed by atoms with Gasteiger partial charge in [0.05, 0.1) is 71.0 Å². The number of para-hydroxylation sites is 1. The van der Waals surface area contributed by atoms with E-state index in [4.69, 9.17) is 9.47 Å². The van der Waals surface area contributed by atoms with Crippen LogP contribution in [-0.2, 0) is 19.5 Å². The van der Waals surface area contributed by atoms with Gasteiger partial charge in [-0.1, -0.05) is 6.07 Å². The predicted octanol–water partition coefficient (Wildman–Crippen LogP) is 5.42. The van der Waals surface area contributed by atoms with Crippen molar-refractivity contribution in [3.8, 4) is 45.6 Å². The van der Waals surface area contributed by atoms with E-state index in [0.717, 1.165) is 54.0 Å². The van der Waals surface area contributed by atoms with Crippen LogP contribution in [0.4, 0.5) is 11.4 Å². The summed E-state index contributed by atoms with van der Waals surface area (Å²) < 4.78 is 20.6. The second-order valence-electron chi connectivity index (χ2n) is 16.2. The number of fused-ring (bicyclic) bond motifs is 6. The molecule has 19 heteroatoms. The van der Waals surface area contributed by atoms with Gasteiger partial charge in [0.25, 0.3) is 11.8 Å². The van der Waals surface area contributed by atoms with Gasteiger partial charge in [0, 0.05) is 43.0 Å². The van der Waals surface area contributed by atoms with Gasteiger partial charge in [-0.2, -0.15) is 0 Å². The molecule has 0 spiro atoms. The van der Waals surface area contributed by atoms with E-state index < -0.39 is 17.9 Å². The first-order chi connectivity index (χ1) is 31.0. The molecule has 8 aromatic rings. The lowest BCUT2D eigenvalue weighted by Gasteiger charge is -2.21. The van der Waals surface area contributed by atoms with Crippen LogP contribution in [0.2, 0.25) is 0 Å². The fraction of sp³-hybridized carbons (Fsp3) is 0.250. The van der Waals surface area contributed by atoms with Crippen LogP contribution in [0.5, 0.6) is 11.5 Å². The topological polar surface area (TPSA) is 212 Å². The van der Waals surface area contributed by atoms with Gasteiger partial charge in [-0.25, -0.2) is 14.6 Å². The number of carbonyl (C=O) groups is 2. The van der Waals surface area contributed by atoms with E-state index in [1.165, 1.54) is 0 Å². The molecule has 312 valence electrons. The summed E-state index contributed by atoms with van der Waals surface area (Å²) in [5, 5.41) is 27.3. The first-order valence-corrected chi connectivity index (χ1v) is 20.8. The molecule has 2 aliphatic carbocycles. The maximum atomic E-state index is 14.0. The van der Waals surface area contributed by atoms with Crippen LogP contribution >= 0.6 is 0 Å². The Balaban J connectivity index is 0.851. The van der Waals surface area contributed by atoms with Crippen LogP contribution < -0.4 is 20.1 Å². The van der Waals surface area contributed by atoms with E-state index in [2.05, 4.69) is 56.3 Å². The number of ether oxygens (including phenoxy) is 2. The van der Waals surface area contributed by atoms with Crippen molar-refractivity contribution in [1.82, 2.24) is 64.0 Å². The number of hydrogen-bond donors (Lipinski definition) is 2. The number of tetrazole rings is 1. The molecule has 63 heavy (non-hydrogen) atoms. The van der Waals surface area contributed by atoms with E-state index >= 15 is 0 Å². The molecule has 2 aliphatic heterocycles. The second kappa shape index (κ2) is 14.8. The number of anilines is 2. The van der Waals surface area contributed by atoms with Crippen LogP contribution in [0.15, 0.2) is 98.4 Å². The van der Waals surface area contributed by atoms with E-state index in [1.807, 2.05) is 62.5 Å². The second-order valence-corrected chi connectivity index (χ2v) is 16.2. The molecule has 19 nitrogen and oxygen atoms in total. The number of rotatable bonds is 10. The Kier molecular flexibility index (Phi) is 8.64. The van der Waals surface area contributed by atoms with E-state index in [1.54, 1.807) is 54.3 Å². The van der Waals surface area contributed by atoms with Crippen LogP contribution in [0, 0.1) is 0 Å². The molecule has 6 aromatic heterocycles. The predicted molar refractivity (Wildman–Crippen MR) is 225 cm³/mol. The molecule has 12 rings (SSSR count). The maximum absolute atomic E-state index is 14.0. The Bertz CT molecular complexity index is 3090. The molecular weight excluding hydrogens is 803 g/mol. The number of benzene rings is 2. The zero-order valence-electron chi connectivity index (χ0n) is 33.6. The summed E-state index contributed by atoms with van der Waals surface area (Å²) in [7, 11) is 0. The van der Waals surface area contributed by atoms with Crippen molar-refractivity contribution in [2.45, 2.75) is 63.1 Å². The first-order valence-electron chi connectivity index (χ1n) is 20.8. The van der Waals surface area contributed by atoms with Crippen molar-refractivity contribution in [1.29, 1.82) is 0 Å². The van der Waals surface area contributed by atoms with Crippen LogP contribution in [-0.4, -0.2) is 88.6 Å². The fourth-order valence-electron chi connectivity index (χ4n) is 8.25. The number of pyridine rings is 2. The summed E-state index contributed by atoms with van der Waals surface area (Å²) >= 11 is 0. The molecule has 0 radical (unpaired) electrons. The van der Waals surface area contributed by atoms with Gasteiger partial charge in [0.2, 0.25) is 0 Å². The summed E-state index contributed by atoms with van der Waals surface area (Å²) in [5.41, 5.74) is 7.05. The normalized spacial score (nSPS) is 16.3. The van der Waals surface area contributed by atoms with Crippen molar-refractivity contribution >= 4 is 23.2 Å². The Hall–Kier alpha value is -8.09. The lowest BCUT2D eigenvalue weighted by Crippen LogP contribution is -2.25. The van der Waals surface area contributed by atoms with Crippen molar-refractivity contribution in [3.05, 3.63) is 127 Å². The average molecular weight is 840 g/mol. The zero-order valence-corrected chi connectivity index (χ0v) is 33.6. The third-order valence-electron chi connectivity index (χ3n) is 11.7. The molecule has 2 fully saturated rings. The molecule has 2 amide bonds. The minimum absolute atomic E-state index is 0.219. The van der Waals surface area contributed by atoms with Gasteiger partial charge in [0.1, 0.15) is 30.4 Å². The molecule has 2 N–H and O–H groups in total. The largest absolute Gasteiger partial charge is 0.489 e. The smallest absolute Gasteiger partial charge is 0.274 e. The molecule has 8 heterocycles. The van der Waals surface area contributed by atoms with Gasteiger partial charge in [-0.05, 0) is 90.2 Å². The number of nitrogens with zero attached hydrogens (tertiary/aromatic N) is 13. The minimum Gasteiger partial charge on any atom is -0.489 e. The van der Waals surface area contributed by atoms with E-state index in [-0.39, 0.29) is 18.0 Å². The maximum Gasteiger partial charge on any atom is 0.274 e. The van der Waals surface area contributed by atoms with Gasteiger partial charge >= 0.3 is 0 Å². The van der Waals surface area contributed by atoms with Crippen LogP contribution in [0.3, 0.4) is 0 Å². The molecule has 0 bridgehead atoms. The first kappa shape index (κ1) is 36.7. The molecule has 2 aromatic carbocycles. The summed E-state index contributed by atoms with van der Waals surface area (Å²) in [6.07, 6.45) is 16.9. The minimum atomic E-state index is -0.499. The monoisotopic (exact) mass is 839 g/mol. The van der Waals surface area contributed by atoms with Gasteiger partial charge in [-0.3, -0.25) is 19.6 Å². The van der Waals surface area contributed by atoms with Crippen molar-refractivity contribution < 1.29 is 19.1 Å². The van der Waals surface area contributed by atoms with Crippen molar-refractivity contribution in [2.24, 2.45) is 0 Å². The summed E-state index contributed by atoms with van der Waals surface area (Å²) in [6.45, 7) is 1.07. The highest BCUT2D eigenvalue weighted by atomic mass is 16.5. The zero-order chi connectivity index (χ0) is 42.0. The third kappa shape index (κ3) is 7.01. The van der Waals surface area contributed by atoms with Gasteiger partial charge < -0.3 is 33.8 Å². The Morgan fingerprint density at radius 3 is 2.11 bits per heavy atom. The Labute approximate surface area is 358 Å². The number of nitrogens with one attached hydrogen (secondary N) is 2. The lowest BCUT2D eigenvalue weighted by molar-refractivity contribution is 0.101. The average Bonchev–Trinajstić information content (AvgIpc) is 4.12. The van der Waals surface area contributed by atoms with E-state index in [9.17, 15) is 9.59 Å². The lowest BCUT2D eigenvalue weighted by atomic mass is 10.0. The number of aromatic nitrogens is 13. The molecule has 0 unspecified atom stereocenters. The summed E-state index contributed by atoms with van der Waals surface area (Å²) in [5.74, 6) is 2.14. The highest BCUT2D eigenvalue weighted by Gasteiger charge is 2.31. The highest BCUT2D eigenvalue weighted by molar-refractivity contribution is 6.05.